The number of rotatable bonds is 3. The Morgan fingerprint density at radius 2 is 2.00 bits per heavy atom. The quantitative estimate of drug-likeness (QED) is 0.614. The minimum Gasteiger partial charge on any atom is -0.271 e. The average molecular weight is 226 g/mol. The number of nitrogens with one attached hydrogen (secondary N) is 1. The minimum atomic E-state index is -0.516. The third kappa shape index (κ3) is 1.95. The first-order valence-electron chi connectivity index (χ1n) is 5.55. The van der Waals surface area contributed by atoms with E-state index in [9.17, 15) is 8.78 Å². The van der Waals surface area contributed by atoms with Gasteiger partial charge >= 0.3 is 0 Å². The molecular weight excluding hydrogens is 210 g/mol. The number of aryl methyl sites for hydroxylation is 1. The second-order valence-electron chi connectivity index (χ2n) is 4.46. The lowest BCUT2D eigenvalue weighted by atomic mass is 9.77. The van der Waals surface area contributed by atoms with E-state index < -0.39 is 11.6 Å². The molecular formula is C12H16F2N2. The minimum absolute atomic E-state index is 0.201. The topological polar surface area (TPSA) is 38.0 Å². The van der Waals surface area contributed by atoms with Crippen LogP contribution < -0.4 is 11.3 Å². The van der Waals surface area contributed by atoms with Crippen LogP contribution in [0.2, 0.25) is 0 Å². The van der Waals surface area contributed by atoms with Crippen molar-refractivity contribution in [2.24, 2.45) is 11.8 Å². The maximum atomic E-state index is 13.7. The molecule has 4 heteroatoms. The van der Waals surface area contributed by atoms with Crippen LogP contribution in [-0.2, 0) is 0 Å². The molecule has 1 aromatic rings. The van der Waals surface area contributed by atoms with Crippen molar-refractivity contribution in [1.29, 1.82) is 0 Å². The summed E-state index contributed by atoms with van der Waals surface area (Å²) in [6.45, 7) is 1.63. The number of benzene rings is 1. The van der Waals surface area contributed by atoms with E-state index in [-0.39, 0.29) is 6.04 Å². The fraction of sp³-hybridized carbons (Fsp3) is 0.500. The van der Waals surface area contributed by atoms with E-state index in [1.807, 2.05) is 0 Å². The summed E-state index contributed by atoms with van der Waals surface area (Å²) in [7, 11) is 0. The van der Waals surface area contributed by atoms with Crippen molar-refractivity contribution in [3.8, 4) is 0 Å². The molecule has 1 saturated carbocycles. The second-order valence-corrected chi connectivity index (χ2v) is 4.46. The Balaban J connectivity index is 2.33. The van der Waals surface area contributed by atoms with E-state index in [1.165, 1.54) is 0 Å². The summed E-state index contributed by atoms with van der Waals surface area (Å²) in [5.74, 6) is 4.80. The maximum Gasteiger partial charge on any atom is 0.130 e. The van der Waals surface area contributed by atoms with Crippen LogP contribution in [0.1, 0.15) is 36.4 Å². The molecule has 1 fully saturated rings. The van der Waals surface area contributed by atoms with E-state index >= 15 is 0 Å². The first-order valence-corrected chi connectivity index (χ1v) is 5.55. The summed E-state index contributed by atoms with van der Waals surface area (Å²) in [5, 5.41) is 0. The molecule has 16 heavy (non-hydrogen) atoms. The molecule has 88 valence electrons. The van der Waals surface area contributed by atoms with Crippen molar-refractivity contribution in [2.45, 2.75) is 32.2 Å². The van der Waals surface area contributed by atoms with Crippen molar-refractivity contribution >= 4 is 0 Å². The highest BCUT2D eigenvalue weighted by Crippen LogP contribution is 2.38. The van der Waals surface area contributed by atoms with Crippen LogP contribution >= 0.6 is 0 Å². The lowest BCUT2D eigenvalue weighted by molar-refractivity contribution is 0.228. The maximum absolute atomic E-state index is 13.7. The lowest BCUT2D eigenvalue weighted by Gasteiger charge is -2.33. The number of hydrogen-bond acceptors (Lipinski definition) is 2. The standard InChI is InChI=1S/C12H16F2N2/c1-7-5-9(11(14)6-10(7)13)12(16-15)8-3-2-4-8/h5-6,8,12,16H,2-4,15H2,1H3. The molecule has 0 spiro atoms. The van der Waals surface area contributed by atoms with Crippen molar-refractivity contribution in [1.82, 2.24) is 5.43 Å². The first kappa shape index (κ1) is 11.5. The summed E-state index contributed by atoms with van der Waals surface area (Å²) in [6.07, 6.45) is 3.25. The molecule has 1 unspecified atom stereocenters. The van der Waals surface area contributed by atoms with Crippen LogP contribution in [0.4, 0.5) is 8.78 Å². The predicted octanol–water partition coefficient (Wildman–Crippen LogP) is 2.58. The van der Waals surface area contributed by atoms with Gasteiger partial charge in [0.1, 0.15) is 11.6 Å². The first-order chi connectivity index (χ1) is 7.63. The largest absolute Gasteiger partial charge is 0.271 e. The molecule has 0 aliphatic heterocycles. The molecule has 0 radical (unpaired) electrons. The van der Waals surface area contributed by atoms with Gasteiger partial charge in [-0.25, -0.2) is 8.78 Å². The normalized spacial score (nSPS) is 18.2. The van der Waals surface area contributed by atoms with Crippen LogP contribution in [-0.4, -0.2) is 0 Å². The van der Waals surface area contributed by atoms with Crippen LogP contribution in [0.15, 0.2) is 12.1 Å². The smallest absolute Gasteiger partial charge is 0.130 e. The Morgan fingerprint density at radius 3 is 2.50 bits per heavy atom. The van der Waals surface area contributed by atoms with Gasteiger partial charge in [0.05, 0.1) is 6.04 Å². The SMILES string of the molecule is Cc1cc(C(NN)C2CCC2)c(F)cc1F. The van der Waals surface area contributed by atoms with Gasteiger partial charge in [0.25, 0.3) is 0 Å². The lowest BCUT2D eigenvalue weighted by Crippen LogP contribution is -2.37. The van der Waals surface area contributed by atoms with Crippen LogP contribution in [0, 0.1) is 24.5 Å². The monoisotopic (exact) mass is 226 g/mol. The molecule has 1 aliphatic rings. The van der Waals surface area contributed by atoms with Gasteiger partial charge in [0.2, 0.25) is 0 Å². The zero-order valence-corrected chi connectivity index (χ0v) is 9.26. The fourth-order valence-corrected chi connectivity index (χ4v) is 2.17. The molecule has 1 atom stereocenters. The summed E-state index contributed by atoms with van der Waals surface area (Å²) in [4.78, 5) is 0. The molecule has 3 N–H and O–H groups in total. The third-order valence-corrected chi connectivity index (χ3v) is 3.41. The van der Waals surface area contributed by atoms with Gasteiger partial charge in [0, 0.05) is 11.6 Å². The number of nitrogens with two attached hydrogens (primary N) is 1. The van der Waals surface area contributed by atoms with Crippen LogP contribution in [0.25, 0.3) is 0 Å². The highest BCUT2D eigenvalue weighted by molar-refractivity contribution is 5.29. The molecule has 2 rings (SSSR count). The molecule has 0 saturated heterocycles. The van der Waals surface area contributed by atoms with Crippen molar-refractivity contribution in [3.63, 3.8) is 0 Å². The summed E-state index contributed by atoms with van der Waals surface area (Å²) in [5.41, 5.74) is 3.58. The Labute approximate surface area is 93.8 Å². The molecule has 1 aliphatic carbocycles. The number of halogens is 2. The van der Waals surface area contributed by atoms with Gasteiger partial charge in [-0.2, -0.15) is 0 Å². The van der Waals surface area contributed by atoms with Crippen molar-refractivity contribution < 1.29 is 8.78 Å². The van der Waals surface area contributed by atoms with E-state index in [2.05, 4.69) is 5.43 Å². The molecule has 1 aromatic carbocycles. The Bertz CT molecular complexity index is 389. The van der Waals surface area contributed by atoms with Gasteiger partial charge in [0.15, 0.2) is 0 Å². The van der Waals surface area contributed by atoms with Gasteiger partial charge < -0.3 is 0 Å². The van der Waals surface area contributed by atoms with E-state index in [0.29, 0.717) is 17.0 Å². The second kappa shape index (κ2) is 4.47. The van der Waals surface area contributed by atoms with Gasteiger partial charge in [-0.05, 0) is 37.3 Å². The van der Waals surface area contributed by atoms with Crippen molar-refractivity contribution in [2.75, 3.05) is 0 Å². The number of hydrazine groups is 1. The van der Waals surface area contributed by atoms with Crippen LogP contribution in [0.3, 0.4) is 0 Å². The van der Waals surface area contributed by atoms with E-state index in [4.69, 9.17) is 5.84 Å². The average Bonchev–Trinajstić information content (AvgIpc) is 2.17. The number of hydrogen-bond donors (Lipinski definition) is 2. The highest BCUT2D eigenvalue weighted by atomic mass is 19.1. The Morgan fingerprint density at radius 1 is 1.31 bits per heavy atom. The van der Waals surface area contributed by atoms with Crippen LogP contribution in [0.5, 0.6) is 0 Å². The Kier molecular flexibility index (Phi) is 3.21. The molecule has 0 bridgehead atoms. The fourth-order valence-electron chi connectivity index (χ4n) is 2.17. The molecule has 0 heterocycles. The predicted molar refractivity (Wildman–Crippen MR) is 58.5 cm³/mol. The Hall–Kier alpha value is -1.00. The van der Waals surface area contributed by atoms with E-state index in [1.54, 1.807) is 13.0 Å². The molecule has 0 amide bonds. The highest BCUT2D eigenvalue weighted by Gasteiger charge is 2.29. The van der Waals surface area contributed by atoms with Gasteiger partial charge in [-0.3, -0.25) is 11.3 Å². The van der Waals surface area contributed by atoms with E-state index in [0.717, 1.165) is 25.3 Å². The zero-order chi connectivity index (χ0) is 11.7. The van der Waals surface area contributed by atoms with Gasteiger partial charge in [-0.1, -0.05) is 6.42 Å². The van der Waals surface area contributed by atoms with Crippen molar-refractivity contribution in [3.05, 3.63) is 34.9 Å². The third-order valence-electron chi connectivity index (χ3n) is 3.41. The molecule has 0 aromatic heterocycles. The zero-order valence-electron chi connectivity index (χ0n) is 9.26. The summed E-state index contributed by atoms with van der Waals surface area (Å²) >= 11 is 0. The van der Waals surface area contributed by atoms with Gasteiger partial charge in [-0.15, -0.1) is 0 Å². The summed E-state index contributed by atoms with van der Waals surface area (Å²) in [6, 6.07) is 2.29. The molecule has 2 nitrogen and oxygen atoms in total. The summed E-state index contributed by atoms with van der Waals surface area (Å²) < 4.78 is 26.8.